The van der Waals surface area contributed by atoms with Gasteiger partial charge in [-0.25, -0.2) is 4.98 Å². The number of hydrogen-bond acceptors (Lipinski definition) is 7. The number of primary amides is 1. The van der Waals surface area contributed by atoms with E-state index in [0.29, 0.717) is 33.3 Å². The molecule has 0 atom stereocenters. The topological polar surface area (TPSA) is 106 Å². The van der Waals surface area contributed by atoms with E-state index in [-0.39, 0.29) is 17.9 Å². The van der Waals surface area contributed by atoms with Gasteiger partial charge in [0.05, 0.1) is 44.5 Å². The molecule has 0 unspecified atom stereocenters. The number of hydrogen-bond donors (Lipinski definition) is 1. The largest absolute Gasteiger partial charge is 0.493 e. The molecule has 1 aromatic heterocycles. The van der Waals surface area contributed by atoms with Gasteiger partial charge in [0.1, 0.15) is 0 Å². The number of fused-ring (bicyclic) bond motifs is 1. The lowest BCUT2D eigenvalue weighted by Gasteiger charge is -2.16. The number of benzene rings is 2. The molecule has 0 aliphatic rings. The zero-order valence-electron chi connectivity index (χ0n) is 16.3. The highest BCUT2D eigenvalue weighted by molar-refractivity contribution is 7.99. The van der Waals surface area contributed by atoms with Crippen LogP contribution in [0.15, 0.2) is 46.3 Å². The van der Waals surface area contributed by atoms with Crippen molar-refractivity contribution in [1.82, 2.24) is 9.55 Å². The lowest BCUT2D eigenvalue weighted by atomic mass is 10.1. The van der Waals surface area contributed by atoms with Crippen LogP contribution in [-0.2, 0) is 11.3 Å². The van der Waals surface area contributed by atoms with Crippen molar-refractivity contribution >= 4 is 28.6 Å². The number of ether oxygens (including phenoxy) is 3. The Morgan fingerprint density at radius 2 is 1.76 bits per heavy atom. The molecule has 8 nitrogen and oxygen atoms in total. The molecule has 0 saturated heterocycles. The molecule has 3 aromatic rings. The second-order valence-corrected chi connectivity index (χ2v) is 7.03. The normalized spacial score (nSPS) is 10.7. The van der Waals surface area contributed by atoms with E-state index >= 15 is 0 Å². The molecule has 0 radical (unpaired) electrons. The summed E-state index contributed by atoms with van der Waals surface area (Å²) in [5.74, 6) is 0.952. The standard InChI is InChI=1S/C20H21N3O5S/c1-26-15-8-12(9-16(27-2)18(15)28-3)10-23-19(25)13-6-4-5-7-14(13)22-20(23)29-11-17(21)24/h4-9H,10-11H2,1-3H3,(H2,21,24). The van der Waals surface area contributed by atoms with Crippen molar-refractivity contribution in [3.63, 3.8) is 0 Å². The molecule has 152 valence electrons. The van der Waals surface area contributed by atoms with Gasteiger partial charge in [0.25, 0.3) is 5.56 Å². The third kappa shape index (κ3) is 4.29. The van der Waals surface area contributed by atoms with E-state index in [1.54, 1.807) is 36.4 Å². The minimum absolute atomic E-state index is 0.0139. The average molecular weight is 415 g/mol. The number of rotatable bonds is 8. The molecule has 9 heteroatoms. The zero-order chi connectivity index (χ0) is 21.0. The summed E-state index contributed by atoms with van der Waals surface area (Å²) in [6.07, 6.45) is 0. The second-order valence-electron chi connectivity index (χ2n) is 6.09. The van der Waals surface area contributed by atoms with Crippen LogP contribution in [0.5, 0.6) is 17.2 Å². The van der Waals surface area contributed by atoms with E-state index < -0.39 is 5.91 Å². The number of nitrogens with two attached hydrogens (primary N) is 1. The SMILES string of the molecule is COc1cc(Cn2c(SCC(N)=O)nc3ccccc3c2=O)cc(OC)c1OC. The number of aromatic nitrogens is 2. The van der Waals surface area contributed by atoms with E-state index in [4.69, 9.17) is 19.9 Å². The lowest BCUT2D eigenvalue weighted by molar-refractivity contribution is -0.115. The number of amides is 1. The molecule has 29 heavy (non-hydrogen) atoms. The maximum absolute atomic E-state index is 13.1. The van der Waals surface area contributed by atoms with E-state index in [0.717, 1.165) is 17.3 Å². The number of carbonyl (C=O) groups excluding carboxylic acids is 1. The quantitative estimate of drug-likeness (QED) is 0.443. The van der Waals surface area contributed by atoms with Crippen LogP contribution in [0.1, 0.15) is 5.56 Å². The minimum Gasteiger partial charge on any atom is -0.493 e. The number of thioether (sulfide) groups is 1. The summed E-state index contributed by atoms with van der Waals surface area (Å²) in [6, 6.07) is 10.6. The molecule has 0 spiro atoms. The Hall–Kier alpha value is -3.20. The first-order chi connectivity index (χ1) is 14.0. The number of carbonyl (C=O) groups is 1. The van der Waals surface area contributed by atoms with Crippen molar-refractivity contribution < 1.29 is 19.0 Å². The predicted octanol–water partition coefficient (Wildman–Crippen LogP) is 2.05. The van der Waals surface area contributed by atoms with Gasteiger partial charge in [0.2, 0.25) is 11.7 Å². The Balaban J connectivity index is 2.13. The molecule has 0 bridgehead atoms. The first-order valence-corrected chi connectivity index (χ1v) is 9.66. The molecule has 0 aliphatic heterocycles. The van der Waals surface area contributed by atoms with Crippen LogP contribution in [-0.4, -0.2) is 42.5 Å². The van der Waals surface area contributed by atoms with Crippen molar-refractivity contribution in [2.45, 2.75) is 11.7 Å². The first kappa shape index (κ1) is 20.5. The molecule has 1 amide bonds. The van der Waals surface area contributed by atoms with Crippen molar-refractivity contribution in [2.24, 2.45) is 5.73 Å². The summed E-state index contributed by atoms with van der Waals surface area (Å²) < 4.78 is 17.6. The Kier molecular flexibility index (Phi) is 6.28. The minimum atomic E-state index is -0.489. The van der Waals surface area contributed by atoms with E-state index in [9.17, 15) is 9.59 Å². The number of nitrogens with zero attached hydrogens (tertiary/aromatic N) is 2. The van der Waals surface area contributed by atoms with Gasteiger partial charge in [0, 0.05) is 0 Å². The Morgan fingerprint density at radius 3 is 2.34 bits per heavy atom. The predicted molar refractivity (Wildman–Crippen MR) is 111 cm³/mol. The molecule has 3 rings (SSSR count). The van der Waals surface area contributed by atoms with Gasteiger partial charge in [-0.2, -0.15) is 0 Å². The fourth-order valence-corrected chi connectivity index (χ4v) is 3.68. The van der Waals surface area contributed by atoms with Crippen molar-refractivity contribution in [3.8, 4) is 17.2 Å². The molecule has 0 aliphatic carbocycles. The van der Waals surface area contributed by atoms with Gasteiger partial charge in [0.15, 0.2) is 16.7 Å². The van der Waals surface area contributed by atoms with Crippen molar-refractivity contribution in [1.29, 1.82) is 0 Å². The van der Waals surface area contributed by atoms with Crippen molar-refractivity contribution in [2.75, 3.05) is 27.1 Å². The first-order valence-electron chi connectivity index (χ1n) is 8.68. The fraction of sp³-hybridized carbons (Fsp3) is 0.250. The summed E-state index contributed by atoms with van der Waals surface area (Å²) >= 11 is 1.12. The maximum atomic E-state index is 13.1. The molecule has 1 heterocycles. The highest BCUT2D eigenvalue weighted by Crippen LogP contribution is 2.38. The van der Waals surface area contributed by atoms with Crippen LogP contribution >= 0.6 is 11.8 Å². The molecule has 2 aromatic carbocycles. The van der Waals surface area contributed by atoms with Crippen LogP contribution in [0.25, 0.3) is 10.9 Å². The van der Waals surface area contributed by atoms with Crippen LogP contribution in [0.2, 0.25) is 0 Å². The summed E-state index contributed by atoms with van der Waals surface area (Å²) in [6.45, 7) is 0.203. The van der Waals surface area contributed by atoms with Crippen LogP contribution in [0.4, 0.5) is 0 Å². The lowest BCUT2D eigenvalue weighted by Crippen LogP contribution is -2.25. The van der Waals surface area contributed by atoms with E-state index in [2.05, 4.69) is 4.98 Å². The van der Waals surface area contributed by atoms with E-state index in [1.165, 1.54) is 25.9 Å². The zero-order valence-corrected chi connectivity index (χ0v) is 17.1. The third-order valence-corrected chi connectivity index (χ3v) is 5.23. The highest BCUT2D eigenvalue weighted by Gasteiger charge is 2.17. The molecular formula is C20H21N3O5S. The Labute approximate surface area is 171 Å². The smallest absolute Gasteiger partial charge is 0.262 e. The van der Waals surface area contributed by atoms with Crippen molar-refractivity contribution in [3.05, 3.63) is 52.3 Å². The Morgan fingerprint density at radius 1 is 1.10 bits per heavy atom. The van der Waals surface area contributed by atoms with Crippen LogP contribution in [0.3, 0.4) is 0 Å². The summed E-state index contributed by atoms with van der Waals surface area (Å²) in [7, 11) is 4.58. The molecule has 0 saturated carbocycles. The van der Waals surface area contributed by atoms with Crippen LogP contribution < -0.4 is 25.5 Å². The molecule has 0 fully saturated rings. The average Bonchev–Trinajstić information content (AvgIpc) is 2.73. The van der Waals surface area contributed by atoms with Gasteiger partial charge in [-0.1, -0.05) is 23.9 Å². The van der Waals surface area contributed by atoms with Gasteiger partial charge < -0.3 is 19.9 Å². The van der Waals surface area contributed by atoms with Gasteiger partial charge in [-0.3, -0.25) is 14.2 Å². The number of methoxy groups -OCH3 is 3. The monoisotopic (exact) mass is 415 g/mol. The Bertz CT molecular complexity index is 1090. The van der Waals surface area contributed by atoms with E-state index in [1.807, 2.05) is 0 Å². The fourth-order valence-electron chi connectivity index (χ4n) is 2.94. The summed E-state index contributed by atoms with van der Waals surface area (Å²) in [5, 5.41) is 0.893. The second kappa shape index (κ2) is 8.87. The molecular weight excluding hydrogens is 394 g/mol. The molecule has 2 N–H and O–H groups in total. The highest BCUT2D eigenvalue weighted by atomic mass is 32.2. The van der Waals surface area contributed by atoms with Gasteiger partial charge in [-0.15, -0.1) is 0 Å². The van der Waals surface area contributed by atoms with Gasteiger partial charge in [-0.05, 0) is 29.8 Å². The summed E-state index contributed by atoms with van der Waals surface area (Å²) in [4.78, 5) is 29.0. The number of para-hydroxylation sites is 1. The third-order valence-electron chi connectivity index (χ3n) is 4.24. The van der Waals surface area contributed by atoms with Gasteiger partial charge >= 0.3 is 0 Å². The summed E-state index contributed by atoms with van der Waals surface area (Å²) in [5.41, 5.74) is 6.38. The van der Waals surface area contributed by atoms with Crippen LogP contribution in [0, 0.1) is 0 Å². The maximum Gasteiger partial charge on any atom is 0.262 e.